The van der Waals surface area contributed by atoms with E-state index in [2.05, 4.69) is 5.10 Å². The number of ether oxygens (including phenoxy) is 1. The lowest BCUT2D eigenvalue weighted by molar-refractivity contribution is 0.0660. The predicted octanol–water partition coefficient (Wildman–Crippen LogP) is 3.87. The molecule has 6 nitrogen and oxygen atoms in total. The highest BCUT2D eigenvalue weighted by atomic mass is 16.5. The van der Waals surface area contributed by atoms with Gasteiger partial charge in [0, 0.05) is 6.42 Å². The van der Waals surface area contributed by atoms with E-state index in [4.69, 9.17) is 13.6 Å². The first-order chi connectivity index (χ1) is 12.3. The van der Waals surface area contributed by atoms with E-state index >= 15 is 0 Å². The molecule has 0 aliphatic carbocycles. The molecule has 25 heavy (non-hydrogen) atoms. The Morgan fingerprint density at radius 2 is 1.88 bits per heavy atom. The van der Waals surface area contributed by atoms with E-state index in [9.17, 15) is 4.79 Å². The fourth-order valence-electron chi connectivity index (χ4n) is 2.87. The second kappa shape index (κ2) is 6.32. The molecule has 1 amide bonds. The fourth-order valence-corrected chi connectivity index (χ4v) is 2.87. The molecule has 2 aromatic heterocycles. The summed E-state index contributed by atoms with van der Waals surface area (Å²) in [4.78, 5) is 12.8. The number of amides is 1. The molecule has 0 N–H and O–H groups in total. The molecule has 126 valence electrons. The Labute approximate surface area is 144 Å². The van der Waals surface area contributed by atoms with Gasteiger partial charge in [0.25, 0.3) is 0 Å². The van der Waals surface area contributed by atoms with Crippen LogP contribution in [0.15, 0.2) is 75.0 Å². The highest BCUT2D eigenvalue weighted by molar-refractivity contribution is 6.04. The summed E-state index contributed by atoms with van der Waals surface area (Å²) in [5.41, 5.74) is 1.75. The first kappa shape index (κ1) is 15.3. The Bertz CT molecular complexity index is 880. The highest BCUT2D eigenvalue weighted by Crippen LogP contribution is 2.34. The van der Waals surface area contributed by atoms with Crippen molar-refractivity contribution >= 4 is 11.6 Å². The van der Waals surface area contributed by atoms with E-state index in [1.54, 1.807) is 31.6 Å². The smallest absolute Gasteiger partial charge is 0.310 e. The van der Waals surface area contributed by atoms with Gasteiger partial charge in [0.1, 0.15) is 17.6 Å². The van der Waals surface area contributed by atoms with Gasteiger partial charge in [0.05, 0.1) is 25.3 Å². The minimum Gasteiger partial charge on any atom is -0.497 e. The number of hydrogen-bond acceptors (Lipinski definition) is 5. The quantitative estimate of drug-likeness (QED) is 0.725. The molecule has 0 spiro atoms. The van der Waals surface area contributed by atoms with Crippen LogP contribution in [0.3, 0.4) is 0 Å². The van der Waals surface area contributed by atoms with Crippen molar-refractivity contribution in [3.05, 3.63) is 78.1 Å². The lowest BCUT2D eigenvalue weighted by Crippen LogP contribution is -2.26. The second-order valence-electron chi connectivity index (χ2n) is 5.64. The topological polar surface area (TPSA) is 68.2 Å². The number of furan rings is 2. The van der Waals surface area contributed by atoms with Crippen LogP contribution in [-0.4, -0.2) is 23.7 Å². The minimum atomic E-state index is -0.301. The maximum Gasteiger partial charge on any atom is 0.310 e. The number of hydrogen-bond donors (Lipinski definition) is 0. The van der Waals surface area contributed by atoms with Crippen LogP contribution in [-0.2, 0) is 0 Å². The zero-order valence-corrected chi connectivity index (χ0v) is 13.6. The van der Waals surface area contributed by atoms with Crippen LogP contribution < -0.4 is 4.74 Å². The maximum atomic E-state index is 12.8. The molecule has 6 heteroatoms. The van der Waals surface area contributed by atoms with Crippen LogP contribution >= 0.6 is 0 Å². The fraction of sp³-hybridized carbons (Fsp3) is 0.158. The van der Waals surface area contributed by atoms with Gasteiger partial charge in [-0.2, -0.15) is 5.10 Å². The van der Waals surface area contributed by atoms with Gasteiger partial charge in [-0.15, -0.1) is 0 Å². The summed E-state index contributed by atoms with van der Waals surface area (Å²) in [7, 11) is 1.62. The lowest BCUT2D eigenvalue weighted by atomic mass is 10.0. The highest BCUT2D eigenvalue weighted by Gasteiger charge is 2.36. The molecule has 0 saturated carbocycles. The van der Waals surface area contributed by atoms with Gasteiger partial charge in [-0.3, -0.25) is 4.79 Å². The van der Waals surface area contributed by atoms with Crippen molar-refractivity contribution in [2.75, 3.05) is 7.11 Å². The minimum absolute atomic E-state index is 0.247. The van der Waals surface area contributed by atoms with Gasteiger partial charge in [0.2, 0.25) is 0 Å². The maximum absolute atomic E-state index is 12.8. The third kappa shape index (κ3) is 2.82. The summed E-state index contributed by atoms with van der Waals surface area (Å²) in [5, 5.41) is 5.97. The van der Waals surface area contributed by atoms with E-state index < -0.39 is 0 Å². The number of nitrogens with zero attached hydrogens (tertiary/aromatic N) is 2. The van der Waals surface area contributed by atoms with E-state index in [1.807, 2.05) is 30.3 Å². The first-order valence-corrected chi connectivity index (χ1v) is 7.88. The number of carbonyl (C=O) groups is 1. The van der Waals surface area contributed by atoms with Gasteiger partial charge < -0.3 is 13.6 Å². The average molecular weight is 336 g/mol. The van der Waals surface area contributed by atoms with Crippen LogP contribution in [0.2, 0.25) is 0 Å². The molecule has 0 saturated heterocycles. The van der Waals surface area contributed by atoms with E-state index in [-0.39, 0.29) is 17.7 Å². The lowest BCUT2D eigenvalue weighted by Gasteiger charge is -2.18. The van der Waals surface area contributed by atoms with Crippen molar-refractivity contribution in [1.82, 2.24) is 5.01 Å². The molecule has 1 aliphatic rings. The van der Waals surface area contributed by atoms with Crippen LogP contribution in [0.25, 0.3) is 0 Å². The molecule has 1 aliphatic heterocycles. The molecule has 1 unspecified atom stereocenters. The molecule has 0 bridgehead atoms. The molecule has 0 fully saturated rings. The van der Waals surface area contributed by atoms with Gasteiger partial charge in [-0.1, -0.05) is 0 Å². The summed E-state index contributed by atoms with van der Waals surface area (Å²) < 4.78 is 15.9. The predicted molar refractivity (Wildman–Crippen MR) is 90.5 cm³/mol. The number of carbonyl (C=O) groups excluding carboxylic acids is 1. The number of hydrazone groups is 1. The molecule has 4 rings (SSSR count). The standard InChI is InChI=1S/C19H16N2O4/c1-23-14-8-6-13(7-9-14)15-12-16(17-4-2-10-24-17)21(20-15)19(22)18-5-3-11-25-18/h2-11,16H,12H2,1H3. The Balaban J connectivity index is 1.68. The normalized spacial score (nSPS) is 16.8. The molecule has 1 atom stereocenters. The first-order valence-electron chi connectivity index (χ1n) is 7.88. The zero-order chi connectivity index (χ0) is 17.2. The van der Waals surface area contributed by atoms with Gasteiger partial charge >= 0.3 is 5.91 Å². The van der Waals surface area contributed by atoms with Gasteiger partial charge in [-0.25, -0.2) is 5.01 Å². The average Bonchev–Trinajstić information content (AvgIpc) is 3.42. The van der Waals surface area contributed by atoms with Crippen LogP contribution in [0, 0.1) is 0 Å². The van der Waals surface area contributed by atoms with Crippen LogP contribution in [0.4, 0.5) is 0 Å². The Kier molecular flexibility index (Phi) is 3.85. The van der Waals surface area contributed by atoms with Gasteiger partial charge in [0.15, 0.2) is 5.76 Å². The van der Waals surface area contributed by atoms with E-state index in [1.165, 1.54) is 11.3 Å². The van der Waals surface area contributed by atoms with Gasteiger partial charge in [-0.05, 0) is 54.1 Å². The molecule has 3 aromatic rings. The van der Waals surface area contributed by atoms with E-state index in [0.29, 0.717) is 12.2 Å². The van der Waals surface area contributed by atoms with Crippen molar-refractivity contribution in [1.29, 1.82) is 0 Å². The van der Waals surface area contributed by atoms with Crippen molar-refractivity contribution in [2.24, 2.45) is 5.10 Å². The van der Waals surface area contributed by atoms with Crippen molar-refractivity contribution in [2.45, 2.75) is 12.5 Å². The second-order valence-corrected chi connectivity index (χ2v) is 5.64. The Morgan fingerprint density at radius 3 is 2.52 bits per heavy atom. The monoisotopic (exact) mass is 336 g/mol. The zero-order valence-electron chi connectivity index (χ0n) is 13.6. The Hall–Kier alpha value is -3.28. The third-order valence-corrected chi connectivity index (χ3v) is 4.15. The van der Waals surface area contributed by atoms with E-state index in [0.717, 1.165) is 17.0 Å². The van der Waals surface area contributed by atoms with Crippen molar-refractivity contribution < 1.29 is 18.4 Å². The van der Waals surface area contributed by atoms with Crippen molar-refractivity contribution in [3.63, 3.8) is 0 Å². The van der Waals surface area contributed by atoms with Crippen LogP contribution in [0.1, 0.15) is 34.3 Å². The number of rotatable bonds is 4. The number of methoxy groups -OCH3 is 1. The Morgan fingerprint density at radius 1 is 1.12 bits per heavy atom. The number of benzene rings is 1. The van der Waals surface area contributed by atoms with Crippen molar-refractivity contribution in [3.8, 4) is 5.75 Å². The van der Waals surface area contributed by atoms with Crippen LogP contribution in [0.5, 0.6) is 5.75 Å². The summed E-state index contributed by atoms with van der Waals surface area (Å²) in [5.74, 6) is 1.41. The molecule has 3 heterocycles. The SMILES string of the molecule is COc1ccc(C2=NN(C(=O)c3ccco3)C(c3ccco3)C2)cc1. The molecular weight excluding hydrogens is 320 g/mol. The molecule has 1 aromatic carbocycles. The summed E-state index contributed by atoms with van der Waals surface area (Å²) >= 11 is 0. The summed E-state index contributed by atoms with van der Waals surface area (Å²) in [6.07, 6.45) is 3.63. The third-order valence-electron chi connectivity index (χ3n) is 4.15. The summed E-state index contributed by atoms with van der Waals surface area (Å²) in [6, 6.07) is 14.3. The molecule has 0 radical (unpaired) electrons. The molecular formula is C19H16N2O4. The summed E-state index contributed by atoms with van der Waals surface area (Å²) in [6.45, 7) is 0. The largest absolute Gasteiger partial charge is 0.497 e.